The van der Waals surface area contributed by atoms with Gasteiger partial charge in [-0.25, -0.2) is 0 Å². The van der Waals surface area contributed by atoms with Crippen LogP contribution in [0.25, 0.3) is 16.6 Å². The molecule has 2 N–H and O–H groups in total. The minimum atomic E-state index is 0.259. The molecular formula is C26H30N8O. The maximum Gasteiger partial charge on any atom is 0.123 e. The molecule has 3 heterocycles. The molecule has 0 amide bonds. The topological polar surface area (TPSA) is 108 Å². The third kappa shape index (κ3) is 5.50. The third-order valence-electron chi connectivity index (χ3n) is 6.34. The Morgan fingerprint density at radius 3 is 2.77 bits per heavy atom. The Kier molecular flexibility index (Phi) is 7.02. The molecule has 1 aliphatic heterocycles. The number of benzene rings is 2. The quantitative estimate of drug-likeness (QED) is 0.324. The van der Waals surface area contributed by atoms with Crippen molar-refractivity contribution in [3.05, 3.63) is 65.9 Å². The van der Waals surface area contributed by atoms with E-state index in [4.69, 9.17) is 10.00 Å². The second-order valence-electron chi connectivity index (χ2n) is 9.11. The number of ether oxygens (including phenoxy) is 1. The summed E-state index contributed by atoms with van der Waals surface area (Å²) in [5.41, 5.74) is 6.68. The molecule has 0 radical (unpaired) electrons. The number of hydrogen-bond acceptors (Lipinski definition) is 7. The number of H-pyrrole nitrogens is 1. The van der Waals surface area contributed by atoms with E-state index < -0.39 is 0 Å². The maximum absolute atomic E-state index is 8.92. The number of hydrogen-bond donors (Lipinski definition) is 2. The number of nitrogens with zero attached hydrogens (tertiary/aromatic N) is 6. The normalized spacial score (nSPS) is 13.8. The minimum Gasteiger partial charge on any atom is -0.375 e. The van der Waals surface area contributed by atoms with E-state index in [2.05, 4.69) is 73.9 Å². The van der Waals surface area contributed by atoms with Gasteiger partial charge >= 0.3 is 0 Å². The Bertz CT molecular complexity index is 1300. The van der Waals surface area contributed by atoms with Crippen LogP contribution in [-0.4, -0.2) is 57.3 Å². The lowest BCUT2D eigenvalue weighted by atomic mass is 10.0. The van der Waals surface area contributed by atoms with Gasteiger partial charge in [0.15, 0.2) is 0 Å². The van der Waals surface area contributed by atoms with E-state index >= 15 is 0 Å². The number of aromatic nitrogens is 5. The molecule has 1 saturated heterocycles. The molecule has 9 nitrogen and oxygen atoms in total. The molecule has 0 bridgehead atoms. The molecule has 35 heavy (non-hydrogen) atoms. The Morgan fingerprint density at radius 1 is 1.11 bits per heavy atom. The van der Waals surface area contributed by atoms with Gasteiger partial charge in [0.1, 0.15) is 12.7 Å². The molecule has 0 saturated carbocycles. The lowest BCUT2D eigenvalue weighted by Crippen LogP contribution is -2.52. The van der Waals surface area contributed by atoms with Crippen molar-refractivity contribution >= 4 is 16.6 Å². The zero-order valence-corrected chi connectivity index (χ0v) is 19.9. The lowest BCUT2D eigenvalue weighted by molar-refractivity contribution is 0.0324. The number of nitrogens with one attached hydrogen (secondary N) is 2. The predicted molar refractivity (Wildman–Crippen MR) is 134 cm³/mol. The summed E-state index contributed by atoms with van der Waals surface area (Å²) in [6, 6.07) is 12.8. The van der Waals surface area contributed by atoms with E-state index in [1.165, 1.54) is 11.1 Å². The first-order valence-corrected chi connectivity index (χ1v) is 12.1. The molecule has 1 fully saturated rings. The average molecular weight is 471 g/mol. The van der Waals surface area contributed by atoms with Gasteiger partial charge in [0.25, 0.3) is 0 Å². The van der Waals surface area contributed by atoms with E-state index in [1.807, 2.05) is 10.8 Å². The number of rotatable bonds is 11. The van der Waals surface area contributed by atoms with E-state index in [1.54, 1.807) is 12.7 Å². The van der Waals surface area contributed by atoms with Crippen molar-refractivity contribution < 1.29 is 4.74 Å². The van der Waals surface area contributed by atoms with Crippen molar-refractivity contribution in [1.29, 1.82) is 5.26 Å². The third-order valence-corrected chi connectivity index (χ3v) is 6.34. The predicted octanol–water partition coefficient (Wildman–Crippen LogP) is 3.29. The number of unbranched alkanes of at least 4 members (excludes halogenated alkanes) is 1. The van der Waals surface area contributed by atoms with Crippen LogP contribution in [0.15, 0.2) is 49.2 Å². The lowest BCUT2D eigenvalue weighted by Gasteiger charge is -2.41. The van der Waals surface area contributed by atoms with Crippen molar-refractivity contribution in [2.75, 3.05) is 31.1 Å². The first kappa shape index (κ1) is 23.0. The molecule has 2 aromatic heterocycles. The fraction of sp³-hybridized carbons (Fsp3) is 0.385. The highest BCUT2D eigenvalue weighted by Crippen LogP contribution is 2.32. The van der Waals surface area contributed by atoms with Crippen LogP contribution in [0.2, 0.25) is 0 Å². The van der Waals surface area contributed by atoms with Gasteiger partial charge in [-0.05, 0) is 49.6 Å². The van der Waals surface area contributed by atoms with Crippen molar-refractivity contribution in [3.8, 4) is 11.8 Å². The van der Waals surface area contributed by atoms with Gasteiger partial charge in [0.2, 0.25) is 0 Å². The van der Waals surface area contributed by atoms with Crippen LogP contribution in [0.4, 0.5) is 5.69 Å². The van der Waals surface area contributed by atoms with Crippen LogP contribution in [0.3, 0.4) is 0 Å². The summed E-state index contributed by atoms with van der Waals surface area (Å²) in [4.78, 5) is 2.33. The maximum atomic E-state index is 8.92. The van der Waals surface area contributed by atoms with E-state index in [0.29, 0.717) is 6.42 Å². The number of fused-ring (bicyclic) bond motifs is 1. The number of aryl methyl sites for hydroxylation is 1. The van der Waals surface area contributed by atoms with E-state index in [0.717, 1.165) is 73.5 Å². The van der Waals surface area contributed by atoms with Crippen LogP contribution < -0.4 is 10.2 Å². The molecule has 5 rings (SSSR count). The summed E-state index contributed by atoms with van der Waals surface area (Å²) in [7, 11) is 0. The molecule has 0 spiro atoms. The van der Waals surface area contributed by atoms with Crippen LogP contribution in [0.5, 0.6) is 0 Å². The smallest absolute Gasteiger partial charge is 0.123 e. The van der Waals surface area contributed by atoms with E-state index in [9.17, 15) is 0 Å². The molecule has 2 aromatic carbocycles. The molecule has 9 heteroatoms. The standard InChI is InChI=1S/C26H30N8O/c1-19-8-20(4-5-27)10-21(9-19)13-28-6-2-3-7-35-23-15-33(16-23)26-12-22(34-17-30-31-18-34)11-25-24(26)14-29-32-25/h8-12,14,17-18,23,28H,2-4,6-7,13,15-16H2,1H3,(H,29,32). The van der Waals surface area contributed by atoms with Crippen molar-refractivity contribution in [3.63, 3.8) is 0 Å². The summed E-state index contributed by atoms with van der Waals surface area (Å²) < 4.78 is 8.00. The van der Waals surface area contributed by atoms with Gasteiger partial charge < -0.3 is 15.0 Å². The van der Waals surface area contributed by atoms with E-state index in [-0.39, 0.29) is 6.10 Å². The Balaban J connectivity index is 1.03. The molecule has 1 aliphatic rings. The zero-order valence-electron chi connectivity index (χ0n) is 19.9. The highest BCUT2D eigenvalue weighted by Gasteiger charge is 2.29. The number of anilines is 1. The molecule has 0 unspecified atom stereocenters. The summed E-state index contributed by atoms with van der Waals surface area (Å²) >= 11 is 0. The van der Waals surface area contributed by atoms with Crippen LogP contribution in [0, 0.1) is 18.3 Å². The van der Waals surface area contributed by atoms with Gasteiger partial charge in [0.05, 0.1) is 41.7 Å². The Hall–Kier alpha value is -3.74. The molecular weight excluding hydrogens is 440 g/mol. The Morgan fingerprint density at radius 2 is 1.94 bits per heavy atom. The van der Waals surface area contributed by atoms with Crippen LogP contribution in [0.1, 0.15) is 29.5 Å². The second-order valence-corrected chi connectivity index (χ2v) is 9.11. The van der Waals surface area contributed by atoms with Crippen LogP contribution >= 0.6 is 0 Å². The molecule has 0 aliphatic carbocycles. The highest BCUT2D eigenvalue weighted by atomic mass is 16.5. The van der Waals surface area contributed by atoms with Gasteiger partial charge in [0, 0.05) is 31.6 Å². The summed E-state index contributed by atoms with van der Waals surface area (Å²) in [5.74, 6) is 0. The minimum absolute atomic E-state index is 0.259. The zero-order chi connectivity index (χ0) is 24.0. The SMILES string of the molecule is Cc1cc(CC#N)cc(CNCCCCOC2CN(c3cc(-n4cnnc4)cc4[nH]ncc34)C2)c1. The highest BCUT2D eigenvalue weighted by molar-refractivity contribution is 5.93. The second kappa shape index (κ2) is 10.7. The van der Waals surface area contributed by atoms with Gasteiger partial charge in [-0.2, -0.15) is 10.4 Å². The number of nitriles is 1. The fourth-order valence-corrected chi connectivity index (χ4v) is 4.58. The Labute approximate surface area is 204 Å². The van der Waals surface area contributed by atoms with Crippen LogP contribution in [-0.2, 0) is 17.7 Å². The first-order chi connectivity index (χ1) is 17.2. The average Bonchev–Trinajstić information content (AvgIpc) is 3.51. The summed E-state index contributed by atoms with van der Waals surface area (Å²) in [6.07, 6.45) is 8.11. The van der Waals surface area contributed by atoms with Gasteiger partial charge in [-0.3, -0.25) is 9.67 Å². The van der Waals surface area contributed by atoms with Gasteiger partial charge in [-0.15, -0.1) is 10.2 Å². The monoisotopic (exact) mass is 470 g/mol. The van der Waals surface area contributed by atoms with Crippen molar-refractivity contribution in [1.82, 2.24) is 30.3 Å². The molecule has 0 atom stereocenters. The van der Waals surface area contributed by atoms with Crippen molar-refractivity contribution in [2.24, 2.45) is 0 Å². The van der Waals surface area contributed by atoms with Gasteiger partial charge in [-0.1, -0.05) is 23.8 Å². The number of aromatic amines is 1. The molecule has 4 aromatic rings. The first-order valence-electron chi connectivity index (χ1n) is 12.1. The van der Waals surface area contributed by atoms with Crippen molar-refractivity contribution in [2.45, 2.75) is 38.8 Å². The summed E-state index contributed by atoms with van der Waals surface area (Å²) in [6.45, 7) is 6.39. The summed E-state index contributed by atoms with van der Waals surface area (Å²) in [5, 5.41) is 28.7. The fourth-order valence-electron chi connectivity index (χ4n) is 4.58. The largest absolute Gasteiger partial charge is 0.375 e. The molecule has 180 valence electrons.